The van der Waals surface area contributed by atoms with Gasteiger partial charge in [0, 0.05) is 0 Å². The molecule has 0 aromatic heterocycles. The highest BCUT2D eigenvalue weighted by Crippen LogP contribution is 2.26. The Morgan fingerprint density at radius 2 is 2.06 bits per heavy atom. The Morgan fingerprint density at radius 3 is 2.82 bits per heavy atom. The molecule has 6 heteroatoms. The second-order valence-corrected chi connectivity index (χ2v) is 5.63. The second-order valence-electron chi connectivity index (χ2n) is 4.10. The smallest absolute Gasteiger partial charge is 0.238 e. The first-order chi connectivity index (χ1) is 8.09. The van der Waals surface area contributed by atoms with Gasteiger partial charge in [-0.25, -0.2) is 13.6 Å². The van der Waals surface area contributed by atoms with E-state index in [9.17, 15) is 8.42 Å². The van der Waals surface area contributed by atoms with Gasteiger partial charge in [-0.05, 0) is 30.9 Å². The van der Waals surface area contributed by atoms with Gasteiger partial charge in [0.1, 0.15) is 0 Å². The van der Waals surface area contributed by atoms with Crippen molar-refractivity contribution in [1.29, 1.82) is 0 Å². The molecule has 0 saturated carbocycles. The van der Waals surface area contributed by atoms with Crippen molar-refractivity contribution in [2.45, 2.75) is 30.2 Å². The molecule has 0 unspecified atom stereocenters. The van der Waals surface area contributed by atoms with Crippen LogP contribution in [0.25, 0.3) is 0 Å². The van der Waals surface area contributed by atoms with Gasteiger partial charge in [-0.15, -0.1) is 0 Å². The van der Waals surface area contributed by atoms with E-state index in [1.165, 1.54) is 6.07 Å². The molecule has 0 bridgehead atoms. The Morgan fingerprint density at radius 1 is 1.29 bits per heavy atom. The Kier molecular flexibility index (Phi) is 3.78. The van der Waals surface area contributed by atoms with Gasteiger partial charge in [0.05, 0.1) is 17.5 Å². The van der Waals surface area contributed by atoms with E-state index in [0.29, 0.717) is 12.2 Å². The van der Waals surface area contributed by atoms with Crippen molar-refractivity contribution >= 4 is 10.0 Å². The third-order valence-corrected chi connectivity index (χ3v) is 3.80. The SMILES string of the molecule is NS(=O)(=O)c1ccccc1[C@H]1CCCCON1. The minimum Gasteiger partial charge on any atom is -0.301 e. The third-order valence-electron chi connectivity index (χ3n) is 2.82. The van der Waals surface area contributed by atoms with Crippen LogP contribution in [0.3, 0.4) is 0 Å². The number of hydrogen-bond acceptors (Lipinski definition) is 4. The number of hydroxylamine groups is 1. The summed E-state index contributed by atoms with van der Waals surface area (Å²) in [4.78, 5) is 5.41. The van der Waals surface area contributed by atoms with E-state index in [4.69, 9.17) is 9.98 Å². The van der Waals surface area contributed by atoms with Gasteiger partial charge in [0.2, 0.25) is 10.0 Å². The van der Waals surface area contributed by atoms with Crippen LogP contribution in [0.4, 0.5) is 0 Å². The van der Waals surface area contributed by atoms with Crippen LogP contribution in [-0.2, 0) is 14.9 Å². The second kappa shape index (κ2) is 5.14. The molecule has 2 rings (SSSR count). The molecule has 1 aromatic rings. The van der Waals surface area contributed by atoms with E-state index in [2.05, 4.69) is 5.48 Å². The van der Waals surface area contributed by atoms with Gasteiger partial charge in [-0.3, -0.25) is 0 Å². The average molecular weight is 256 g/mol. The maximum absolute atomic E-state index is 11.5. The number of nitrogens with two attached hydrogens (primary N) is 1. The molecule has 1 fully saturated rings. The van der Waals surface area contributed by atoms with Gasteiger partial charge in [-0.2, -0.15) is 5.48 Å². The number of hydrogen-bond donors (Lipinski definition) is 2. The summed E-state index contributed by atoms with van der Waals surface area (Å²) >= 11 is 0. The zero-order valence-electron chi connectivity index (χ0n) is 9.43. The summed E-state index contributed by atoms with van der Waals surface area (Å²) in [7, 11) is -3.69. The topological polar surface area (TPSA) is 81.4 Å². The van der Waals surface area contributed by atoms with E-state index >= 15 is 0 Å². The van der Waals surface area contributed by atoms with Crippen molar-refractivity contribution in [2.75, 3.05) is 6.61 Å². The fourth-order valence-electron chi connectivity index (χ4n) is 1.99. The Hall–Kier alpha value is -0.950. The molecular formula is C11H16N2O3S. The van der Waals surface area contributed by atoms with E-state index < -0.39 is 10.0 Å². The first kappa shape index (κ1) is 12.5. The number of rotatable bonds is 2. The Balaban J connectivity index is 2.37. The van der Waals surface area contributed by atoms with Crippen LogP contribution < -0.4 is 10.6 Å². The summed E-state index contributed by atoms with van der Waals surface area (Å²) in [5.41, 5.74) is 3.57. The molecule has 17 heavy (non-hydrogen) atoms. The molecular weight excluding hydrogens is 240 g/mol. The average Bonchev–Trinajstić information content (AvgIpc) is 2.56. The van der Waals surface area contributed by atoms with Gasteiger partial charge in [0.15, 0.2) is 0 Å². The first-order valence-electron chi connectivity index (χ1n) is 5.58. The normalized spacial score (nSPS) is 22.1. The zero-order chi connectivity index (χ0) is 12.3. The van der Waals surface area contributed by atoms with Crippen LogP contribution in [0.5, 0.6) is 0 Å². The molecule has 94 valence electrons. The van der Waals surface area contributed by atoms with Crippen LogP contribution in [0.15, 0.2) is 29.2 Å². The van der Waals surface area contributed by atoms with Crippen LogP contribution >= 0.6 is 0 Å². The third kappa shape index (κ3) is 3.04. The lowest BCUT2D eigenvalue weighted by molar-refractivity contribution is 0.0274. The van der Waals surface area contributed by atoms with Gasteiger partial charge in [-0.1, -0.05) is 18.2 Å². The van der Waals surface area contributed by atoms with Crippen LogP contribution in [-0.4, -0.2) is 15.0 Å². The minimum atomic E-state index is -3.69. The highest BCUT2D eigenvalue weighted by atomic mass is 32.2. The highest BCUT2D eigenvalue weighted by molar-refractivity contribution is 7.89. The standard InChI is InChI=1S/C11H16N2O3S/c12-17(14,15)11-7-2-1-5-9(11)10-6-3-4-8-16-13-10/h1-2,5,7,10,13H,3-4,6,8H2,(H2,12,14,15)/t10-/m1/s1. The zero-order valence-corrected chi connectivity index (χ0v) is 10.2. The highest BCUT2D eigenvalue weighted by Gasteiger charge is 2.21. The predicted molar refractivity (Wildman–Crippen MR) is 63.5 cm³/mol. The first-order valence-corrected chi connectivity index (χ1v) is 7.13. The fourth-order valence-corrected chi connectivity index (χ4v) is 2.79. The molecule has 0 aliphatic carbocycles. The van der Waals surface area contributed by atoms with E-state index in [-0.39, 0.29) is 10.9 Å². The lowest BCUT2D eigenvalue weighted by Crippen LogP contribution is -2.23. The summed E-state index contributed by atoms with van der Waals surface area (Å²) in [6, 6.07) is 6.65. The van der Waals surface area contributed by atoms with Gasteiger partial charge in [0.25, 0.3) is 0 Å². The Labute approximate surface area is 101 Å². The summed E-state index contributed by atoms with van der Waals surface area (Å²) in [6.45, 7) is 0.647. The minimum absolute atomic E-state index is 0.118. The molecule has 5 nitrogen and oxygen atoms in total. The number of primary sulfonamides is 1. The summed E-state index contributed by atoms with van der Waals surface area (Å²) in [6.07, 6.45) is 2.81. The van der Waals surface area contributed by atoms with Crippen molar-refractivity contribution < 1.29 is 13.3 Å². The molecule has 0 spiro atoms. The number of benzene rings is 1. The fraction of sp³-hybridized carbons (Fsp3) is 0.455. The summed E-state index contributed by atoms with van der Waals surface area (Å²) in [5.74, 6) is 0. The van der Waals surface area contributed by atoms with Crippen LogP contribution in [0.1, 0.15) is 30.9 Å². The molecule has 1 saturated heterocycles. The molecule has 1 aliphatic heterocycles. The lowest BCUT2D eigenvalue weighted by atomic mass is 10.0. The Bertz CT molecular complexity index is 479. The number of nitrogens with one attached hydrogen (secondary N) is 1. The lowest BCUT2D eigenvalue weighted by Gasteiger charge is -2.18. The van der Waals surface area contributed by atoms with Crippen molar-refractivity contribution in [3.05, 3.63) is 29.8 Å². The largest absolute Gasteiger partial charge is 0.301 e. The molecule has 1 aliphatic rings. The quantitative estimate of drug-likeness (QED) is 0.829. The van der Waals surface area contributed by atoms with E-state index in [1.54, 1.807) is 18.2 Å². The van der Waals surface area contributed by atoms with Crippen LogP contribution in [0.2, 0.25) is 0 Å². The van der Waals surface area contributed by atoms with Crippen molar-refractivity contribution in [3.8, 4) is 0 Å². The van der Waals surface area contributed by atoms with Crippen LogP contribution in [0, 0.1) is 0 Å². The molecule has 1 atom stereocenters. The molecule has 3 N–H and O–H groups in total. The summed E-state index contributed by atoms with van der Waals surface area (Å²) < 4.78 is 23.0. The predicted octanol–water partition coefficient (Wildman–Crippen LogP) is 1.08. The summed E-state index contributed by atoms with van der Waals surface area (Å²) in [5, 5.41) is 5.21. The van der Waals surface area contributed by atoms with Crippen molar-refractivity contribution in [3.63, 3.8) is 0 Å². The van der Waals surface area contributed by atoms with E-state index in [1.807, 2.05) is 0 Å². The molecule has 1 aromatic carbocycles. The van der Waals surface area contributed by atoms with E-state index in [0.717, 1.165) is 19.3 Å². The molecule has 0 amide bonds. The molecule has 1 heterocycles. The molecule has 0 radical (unpaired) electrons. The van der Waals surface area contributed by atoms with Crippen molar-refractivity contribution in [1.82, 2.24) is 5.48 Å². The monoisotopic (exact) mass is 256 g/mol. The van der Waals surface area contributed by atoms with Gasteiger partial charge < -0.3 is 4.84 Å². The maximum atomic E-state index is 11.5. The van der Waals surface area contributed by atoms with Gasteiger partial charge >= 0.3 is 0 Å². The maximum Gasteiger partial charge on any atom is 0.238 e. The van der Waals surface area contributed by atoms with Crippen molar-refractivity contribution in [2.24, 2.45) is 5.14 Å². The number of sulfonamides is 1.